The highest BCUT2D eigenvalue weighted by atomic mass is 19.4. The fraction of sp³-hybridized carbons (Fsp3) is 0.500. The number of rotatable bonds is 4. The van der Waals surface area contributed by atoms with Crippen molar-refractivity contribution in [2.45, 2.75) is 25.6 Å². The Morgan fingerprint density at radius 1 is 1.40 bits per heavy atom. The standard InChI is InChI=1S/C8H9F3O4/c1-2-5(8(9,10)11)15-7(14)4-3-6(12)13/h3-5H,2H2,1H3,(H,12,13)/p-1. The maximum atomic E-state index is 12.0. The lowest BCUT2D eigenvalue weighted by Gasteiger charge is -2.17. The predicted molar refractivity (Wildman–Crippen MR) is 40.4 cm³/mol. The summed E-state index contributed by atoms with van der Waals surface area (Å²) in [6, 6.07) is 0. The molecule has 0 aliphatic rings. The van der Waals surface area contributed by atoms with Gasteiger partial charge in [-0.2, -0.15) is 13.2 Å². The molecule has 1 unspecified atom stereocenters. The third kappa shape index (κ3) is 5.71. The van der Waals surface area contributed by atoms with E-state index >= 15 is 0 Å². The van der Waals surface area contributed by atoms with E-state index in [0.29, 0.717) is 12.2 Å². The van der Waals surface area contributed by atoms with Gasteiger partial charge in [0.1, 0.15) is 0 Å². The van der Waals surface area contributed by atoms with Gasteiger partial charge in [0.05, 0.1) is 5.97 Å². The second-order valence-corrected chi connectivity index (χ2v) is 2.53. The Bertz CT molecular complexity index is 270. The molecule has 0 bridgehead atoms. The first-order valence-electron chi connectivity index (χ1n) is 3.93. The van der Waals surface area contributed by atoms with Crippen molar-refractivity contribution < 1.29 is 32.6 Å². The van der Waals surface area contributed by atoms with Gasteiger partial charge in [0.25, 0.3) is 0 Å². The molecule has 0 heterocycles. The summed E-state index contributed by atoms with van der Waals surface area (Å²) in [5.74, 6) is -3.06. The number of halogens is 3. The van der Waals surface area contributed by atoms with Crippen LogP contribution in [0.5, 0.6) is 0 Å². The number of aliphatic carboxylic acids is 1. The fourth-order valence-corrected chi connectivity index (χ4v) is 0.697. The number of carbonyl (C=O) groups is 2. The molecule has 0 amide bonds. The third-order valence-electron chi connectivity index (χ3n) is 1.35. The molecule has 7 heteroatoms. The first-order valence-corrected chi connectivity index (χ1v) is 3.93. The van der Waals surface area contributed by atoms with Crippen LogP contribution in [0.3, 0.4) is 0 Å². The van der Waals surface area contributed by atoms with Gasteiger partial charge in [-0.1, -0.05) is 6.92 Å². The molecule has 0 aliphatic carbocycles. The summed E-state index contributed by atoms with van der Waals surface area (Å²) in [7, 11) is 0. The molecule has 0 saturated heterocycles. The van der Waals surface area contributed by atoms with Crippen LogP contribution in [0.2, 0.25) is 0 Å². The van der Waals surface area contributed by atoms with Crippen molar-refractivity contribution in [3.8, 4) is 0 Å². The lowest BCUT2D eigenvalue weighted by atomic mass is 10.3. The molecule has 15 heavy (non-hydrogen) atoms. The van der Waals surface area contributed by atoms with Crippen LogP contribution in [0.1, 0.15) is 13.3 Å². The van der Waals surface area contributed by atoms with E-state index < -0.39 is 30.6 Å². The predicted octanol–water partition coefficient (Wildman–Crippen LogP) is 0.177. The van der Waals surface area contributed by atoms with Crippen LogP contribution in [0.4, 0.5) is 13.2 Å². The molecule has 0 aromatic carbocycles. The summed E-state index contributed by atoms with van der Waals surface area (Å²) < 4.78 is 40.1. The molecule has 0 radical (unpaired) electrons. The monoisotopic (exact) mass is 225 g/mol. The van der Waals surface area contributed by atoms with Crippen molar-refractivity contribution in [3.63, 3.8) is 0 Å². The van der Waals surface area contributed by atoms with Crippen molar-refractivity contribution in [2.75, 3.05) is 0 Å². The summed E-state index contributed by atoms with van der Waals surface area (Å²) in [5, 5.41) is 9.83. The topological polar surface area (TPSA) is 66.4 Å². The van der Waals surface area contributed by atoms with Gasteiger partial charge in [0.15, 0.2) is 6.10 Å². The maximum absolute atomic E-state index is 12.0. The summed E-state index contributed by atoms with van der Waals surface area (Å²) in [6.45, 7) is 1.19. The zero-order chi connectivity index (χ0) is 12.1. The number of carboxylic acid groups (broad SMARTS) is 1. The third-order valence-corrected chi connectivity index (χ3v) is 1.35. The van der Waals surface area contributed by atoms with Crippen molar-refractivity contribution >= 4 is 11.9 Å². The van der Waals surface area contributed by atoms with Gasteiger partial charge in [0.2, 0.25) is 0 Å². The molecule has 0 aromatic heterocycles. The minimum absolute atomic E-state index is 0.297. The van der Waals surface area contributed by atoms with E-state index in [2.05, 4.69) is 4.74 Å². The largest absolute Gasteiger partial charge is 0.545 e. The molecular weight excluding hydrogens is 217 g/mol. The van der Waals surface area contributed by atoms with Gasteiger partial charge in [-0.15, -0.1) is 0 Å². The quantitative estimate of drug-likeness (QED) is 0.505. The number of carbonyl (C=O) groups excluding carboxylic acids is 2. The summed E-state index contributed by atoms with van der Waals surface area (Å²) in [6.07, 6.45) is -6.65. The molecule has 0 aromatic rings. The molecule has 0 aliphatic heterocycles. The minimum atomic E-state index is -4.65. The smallest absolute Gasteiger partial charge is 0.425 e. The number of carboxylic acids is 1. The summed E-state index contributed by atoms with van der Waals surface area (Å²) in [4.78, 5) is 20.5. The van der Waals surface area contributed by atoms with E-state index in [9.17, 15) is 27.9 Å². The lowest BCUT2D eigenvalue weighted by molar-refractivity contribution is -0.297. The first-order chi connectivity index (χ1) is 6.77. The average Bonchev–Trinajstić information content (AvgIpc) is 2.08. The van der Waals surface area contributed by atoms with Gasteiger partial charge in [-0.3, -0.25) is 0 Å². The molecule has 0 rings (SSSR count). The van der Waals surface area contributed by atoms with Crippen LogP contribution in [-0.2, 0) is 14.3 Å². The van der Waals surface area contributed by atoms with E-state index in [1.165, 1.54) is 6.92 Å². The summed E-state index contributed by atoms with van der Waals surface area (Å²) >= 11 is 0. The number of ether oxygens (including phenoxy) is 1. The molecular formula is C8H8F3O4-. The Morgan fingerprint density at radius 2 is 1.93 bits per heavy atom. The Balaban J connectivity index is 4.32. The summed E-state index contributed by atoms with van der Waals surface area (Å²) in [5.41, 5.74) is 0. The number of esters is 1. The highest BCUT2D eigenvalue weighted by Crippen LogP contribution is 2.25. The maximum Gasteiger partial charge on any atom is 0.425 e. The van der Waals surface area contributed by atoms with E-state index in [1.807, 2.05) is 0 Å². The van der Waals surface area contributed by atoms with Gasteiger partial charge in [0, 0.05) is 6.08 Å². The van der Waals surface area contributed by atoms with E-state index in [1.54, 1.807) is 0 Å². The number of hydrogen-bond donors (Lipinski definition) is 0. The highest BCUT2D eigenvalue weighted by molar-refractivity contribution is 5.89. The average molecular weight is 225 g/mol. The van der Waals surface area contributed by atoms with Gasteiger partial charge < -0.3 is 14.6 Å². The van der Waals surface area contributed by atoms with Crippen molar-refractivity contribution in [3.05, 3.63) is 12.2 Å². The van der Waals surface area contributed by atoms with Crippen molar-refractivity contribution in [2.24, 2.45) is 0 Å². The van der Waals surface area contributed by atoms with Crippen LogP contribution < -0.4 is 5.11 Å². The van der Waals surface area contributed by atoms with Crippen molar-refractivity contribution in [1.82, 2.24) is 0 Å². The van der Waals surface area contributed by atoms with E-state index in [0.717, 1.165) is 0 Å². The Hall–Kier alpha value is -1.53. The van der Waals surface area contributed by atoms with Crippen LogP contribution in [-0.4, -0.2) is 24.2 Å². The normalized spacial score (nSPS) is 13.9. The SMILES string of the molecule is CCC(OC(=O)C=CC(=O)[O-])C(F)(F)F. The molecule has 0 fully saturated rings. The van der Waals surface area contributed by atoms with Gasteiger partial charge in [-0.25, -0.2) is 4.79 Å². The zero-order valence-corrected chi connectivity index (χ0v) is 7.71. The molecule has 0 spiro atoms. The second-order valence-electron chi connectivity index (χ2n) is 2.53. The Kier molecular flexibility index (Phi) is 4.83. The van der Waals surface area contributed by atoms with Crippen LogP contribution in [0, 0.1) is 0 Å². The number of alkyl halides is 3. The van der Waals surface area contributed by atoms with Gasteiger partial charge >= 0.3 is 12.1 Å². The zero-order valence-electron chi connectivity index (χ0n) is 7.71. The highest BCUT2D eigenvalue weighted by Gasteiger charge is 2.41. The molecule has 1 atom stereocenters. The molecule has 0 saturated carbocycles. The molecule has 0 N–H and O–H groups in total. The Labute approximate surface area is 83.3 Å². The minimum Gasteiger partial charge on any atom is -0.545 e. The lowest BCUT2D eigenvalue weighted by Crippen LogP contribution is -2.32. The second kappa shape index (κ2) is 5.38. The first kappa shape index (κ1) is 13.5. The van der Waals surface area contributed by atoms with E-state index in [-0.39, 0.29) is 0 Å². The molecule has 86 valence electrons. The van der Waals surface area contributed by atoms with Crippen LogP contribution >= 0.6 is 0 Å². The number of hydrogen-bond acceptors (Lipinski definition) is 4. The van der Waals surface area contributed by atoms with Crippen LogP contribution in [0.15, 0.2) is 12.2 Å². The fourth-order valence-electron chi connectivity index (χ4n) is 0.697. The molecule has 4 nitrogen and oxygen atoms in total. The Morgan fingerprint density at radius 3 is 2.27 bits per heavy atom. The van der Waals surface area contributed by atoms with Crippen molar-refractivity contribution in [1.29, 1.82) is 0 Å². The van der Waals surface area contributed by atoms with Crippen LogP contribution in [0.25, 0.3) is 0 Å². The van der Waals surface area contributed by atoms with Gasteiger partial charge in [-0.05, 0) is 12.5 Å². The van der Waals surface area contributed by atoms with E-state index in [4.69, 9.17) is 0 Å².